The fourth-order valence-corrected chi connectivity index (χ4v) is 1.31. The van der Waals surface area contributed by atoms with Crippen molar-refractivity contribution in [2.75, 3.05) is 5.32 Å². The van der Waals surface area contributed by atoms with Gasteiger partial charge in [-0.05, 0) is 19.8 Å². The molecule has 90 valence electrons. The van der Waals surface area contributed by atoms with Crippen LogP contribution in [0.25, 0.3) is 0 Å². The number of hydrogen-bond acceptors (Lipinski definition) is 2. The van der Waals surface area contributed by atoms with Gasteiger partial charge in [0, 0.05) is 12.2 Å². The zero-order valence-corrected chi connectivity index (χ0v) is 11.7. The molecule has 0 spiro atoms. The molecule has 0 fully saturated rings. The first-order valence-electron chi connectivity index (χ1n) is 5.41. The third-order valence-corrected chi connectivity index (χ3v) is 3.71. The number of amides is 1. The van der Waals surface area contributed by atoms with Crippen molar-refractivity contribution < 1.29 is 4.79 Å². The first kappa shape index (κ1) is 13.2. The molecular weight excluding hydrogens is 270 g/mol. The van der Waals surface area contributed by atoms with Crippen LogP contribution < -0.4 is 5.32 Å². The average molecular weight is 288 g/mol. The predicted molar refractivity (Wildman–Crippen MR) is 68.8 cm³/mol. The summed E-state index contributed by atoms with van der Waals surface area (Å²) in [5.41, 5.74) is 0.740. The van der Waals surface area contributed by atoms with Crippen molar-refractivity contribution in [1.29, 1.82) is 0 Å². The van der Waals surface area contributed by atoms with Crippen LogP contribution in [0, 0.1) is 5.92 Å². The summed E-state index contributed by atoms with van der Waals surface area (Å²) >= 11 is 3.36. The van der Waals surface area contributed by atoms with Gasteiger partial charge in [-0.15, -0.1) is 0 Å². The second-order valence-corrected chi connectivity index (χ2v) is 5.42. The summed E-state index contributed by atoms with van der Waals surface area (Å²) in [5.74, 6) is 0.235. The summed E-state index contributed by atoms with van der Waals surface area (Å²) < 4.78 is 1.81. The van der Waals surface area contributed by atoms with E-state index in [1.165, 1.54) is 0 Å². The Balaban J connectivity index is 2.63. The predicted octanol–water partition coefficient (Wildman–Crippen LogP) is 2.82. The number of nitrogens with zero attached hydrogens (tertiary/aromatic N) is 2. The van der Waals surface area contributed by atoms with E-state index in [-0.39, 0.29) is 16.7 Å². The molecule has 0 bridgehead atoms. The number of aromatic nitrogens is 2. The fraction of sp³-hybridized carbons (Fsp3) is 0.636. The van der Waals surface area contributed by atoms with Crippen LogP contribution in [0.3, 0.4) is 0 Å². The van der Waals surface area contributed by atoms with Crippen LogP contribution in [0.4, 0.5) is 5.69 Å². The Morgan fingerprint density at radius 1 is 1.44 bits per heavy atom. The minimum atomic E-state index is -0.171. The summed E-state index contributed by atoms with van der Waals surface area (Å²) in [7, 11) is 0. The number of nitrogens with one attached hydrogen (secondary N) is 1. The second-order valence-electron chi connectivity index (χ2n) is 4.44. The maximum Gasteiger partial charge on any atom is 0.238 e. The van der Waals surface area contributed by atoms with Gasteiger partial charge in [0.1, 0.15) is 0 Å². The van der Waals surface area contributed by atoms with Crippen LogP contribution in [0.15, 0.2) is 12.4 Å². The van der Waals surface area contributed by atoms with Crippen LogP contribution in [-0.2, 0) is 4.79 Å². The van der Waals surface area contributed by atoms with Crippen LogP contribution in [0.1, 0.15) is 33.7 Å². The quantitative estimate of drug-likeness (QED) is 0.866. The van der Waals surface area contributed by atoms with Crippen LogP contribution in [0.5, 0.6) is 0 Å². The lowest BCUT2D eigenvalue weighted by atomic mass is 10.1. The van der Waals surface area contributed by atoms with E-state index >= 15 is 0 Å². The molecule has 0 aliphatic rings. The molecule has 0 radical (unpaired) electrons. The standard InChI is InChI=1S/C11H18BrN3O/c1-7(2)10(12)11(16)14-9-5-13-15(6-9)8(3)4/h5-8,10H,1-4H3,(H,14,16). The molecular formula is C11H18BrN3O. The Bertz CT molecular complexity index is 360. The Labute approximate surface area is 105 Å². The van der Waals surface area contributed by atoms with E-state index in [1.54, 1.807) is 6.20 Å². The third kappa shape index (κ3) is 3.33. The fourth-order valence-electron chi connectivity index (χ4n) is 1.20. The number of anilines is 1. The lowest BCUT2D eigenvalue weighted by molar-refractivity contribution is -0.116. The summed E-state index contributed by atoms with van der Waals surface area (Å²) in [6, 6.07) is 0.301. The minimum Gasteiger partial charge on any atom is -0.322 e. The Morgan fingerprint density at radius 2 is 2.06 bits per heavy atom. The van der Waals surface area contributed by atoms with E-state index in [2.05, 4.69) is 26.3 Å². The number of rotatable bonds is 4. The lowest BCUT2D eigenvalue weighted by Gasteiger charge is -2.12. The monoisotopic (exact) mass is 287 g/mol. The largest absolute Gasteiger partial charge is 0.322 e. The van der Waals surface area contributed by atoms with Gasteiger partial charge in [-0.2, -0.15) is 5.10 Å². The van der Waals surface area contributed by atoms with Crippen molar-refractivity contribution in [3.63, 3.8) is 0 Å². The number of carbonyl (C=O) groups is 1. The van der Waals surface area contributed by atoms with Gasteiger partial charge in [0.25, 0.3) is 0 Å². The zero-order valence-electron chi connectivity index (χ0n) is 10.1. The van der Waals surface area contributed by atoms with Crippen molar-refractivity contribution in [2.45, 2.75) is 38.6 Å². The van der Waals surface area contributed by atoms with Gasteiger partial charge in [-0.1, -0.05) is 29.8 Å². The summed E-state index contributed by atoms with van der Waals surface area (Å²) in [5, 5.41) is 6.99. The van der Waals surface area contributed by atoms with Crippen LogP contribution in [-0.4, -0.2) is 20.5 Å². The molecule has 1 unspecified atom stereocenters. The Kier molecular flexibility index (Phi) is 4.53. The molecule has 5 heteroatoms. The van der Waals surface area contributed by atoms with Gasteiger partial charge in [-0.25, -0.2) is 0 Å². The van der Waals surface area contributed by atoms with Crippen molar-refractivity contribution in [3.05, 3.63) is 12.4 Å². The molecule has 1 rings (SSSR count). The van der Waals surface area contributed by atoms with Crippen LogP contribution in [0.2, 0.25) is 0 Å². The lowest BCUT2D eigenvalue weighted by Crippen LogP contribution is -2.26. The molecule has 1 aromatic rings. The molecule has 1 aromatic heterocycles. The molecule has 1 atom stereocenters. The van der Waals surface area contributed by atoms with E-state index in [0.717, 1.165) is 5.69 Å². The van der Waals surface area contributed by atoms with E-state index in [4.69, 9.17) is 0 Å². The maximum absolute atomic E-state index is 11.7. The highest BCUT2D eigenvalue weighted by molar-refractivity contribution is 9.10. The van der Waals surface area contributed by atoms with E-state index < -0.39 is 0 Å². The maximum atomic E-state index is 11.7. The van der Waals surface area contributed by atoms with Crippen molar-refractivity contribution in [2.24, 2.45) is 5.92 Å². The van der Waals surface area contributed by atoms with Crippen molar-refractivity contribution >= 4 is 27.5 Å². The third-order valence-electron chi connectivity index (χ3n) is 2.23. The SMILES string of the molecule is CC(C)C(Br)C(=O)Nc1cnn(C(C)C)c1. The minimum absolute atomic E-state index is 0.0293. The first-order chi connectivity index (χ1) is 7.41. The van der Waals surface area contributed by atoms with Crippen molar-refractivity contribution in [3.8, 4) is 0 Å². The second kappa shape index (κ2) is 5.48. The van der Waals surface area contributed by atoms with Crippen molar-refractivity contribution in [1.82, 2.24) is 9.78 Å². The average Bonchev–Trinajstić information content (AvgIpc) is 2.64. The summed E-state index contributed by atoms with van der Waals surface area (Å²) in [4.78, 5) is 11.6. The van der Waals surface area contributed by atoms with E-state index in [9.17, 15) is 4.79 Å². The molecule has 1 N–H and O–H groups in total. The molecule has 4 nitrogen and oxygen atoms in total. The topological polar surface area (TPSA) is 46.9 Å². The van der Waals surface area contributed by atoms with Crippen LogP contribution >= 0.6 is 15.9 Å². The molecule has 0 aliphatic carbocycles. The summed E-state index contributed by atoms with van der Waals surface area (Å²) in [6.45, 7) is 8.08. The summed E-state index contributed by atoms with van der Waals surface area (Å²) in [6.07, 6.45) is 3.50. The zero-order chi connectivity index (χ0) is 12.3. The van der Waals surface area contributed by atoms with E-state index in [1.807, 2.05) is 38.6 Å². The Hall–Kier alpha value is -0.840. The molecule has 1 heterocycles. The molecule has 0 aromatic carbocycles. The van der Waals surface area contributed by atoms with E-state index in [0.29, 0.717) is 6.04 Å². The first-order valence-corrected chi connectivity index (χ1v) is 6.32. The highest BCUT2D eigenvalue weighted by Crippen LogP contribution is 2.16. The highest BCUT2D eigenvalue weighted by Gasteiger charge is 2.19. The molecule has 0 aliphatic heterocycles. The highest BCUT2D eigenvalue weighted by atomic mass is 79.9. The van der Waals surface area contributed by atoms with Gasteiger partial charge < -0.3 is 5.32 Å². The molecule has 16 heavy (non-hydrogen) atoms. The molecule has 0 saturated carbocycles. The van der Waals surface area contributed by atoms with Gasteiger partial charge in [0.2, 0.25) is 5.91 Å². The molecule has 1 amide bonds. The number of hydrogen-bond donors (Lipinski definition) is 1. The number of carbonyl (C=O) groups excluding carboxylic acids is 1. The van der Waals surface area contributed by atoms with Gasteiger partial charge in [0.05, 0.1) is 16.7 Å². The smallest absolute Gasteiger partial charge is 0.238 e. The van der Waals surface area contributed by atoms with Gasteiger partial charge >= 0.3 is 0 Å². The molecule has 0 saturated heterocycles. The van der Waals surface area contributed by atoms with Gasteiger partial charge in [-0.3, -0.25) is 9.48 Å². The van der Waals surface area contributed by atoms with Gasteiger partial charge in [0.15, 0.2) is 0 Å². The number of halogens is 1. The normalized spacial score (nSPS) is 13.2. The number of alkyl halides is 1. The Morgan fingerprint density at radius 3 is 2.50 bits per heavy atom.